The normalized spacial score (nSPS) is 11.0. The van der Waals surface area contributed by atoms with Crippen LogP contribution in [0, 0.1) is 0 Å². The van der Waals surface area contributed by atoms with Crippen LogP contribution in [-0.2, 0) is 4.79 Å². The zero-order valence-electron chi connectivity index (χ0n) is 17.2. The van der Waals surface area contributed by atoms with Crippen molar-refractivity contribution in [1.29, 1.82) is 0 Å². The standard InChI is InChI=1S/C22H27N3O3S/c1-4-27-18-10-11-19-20(16-18)29-22(23-19)25(14-13-24(2)3)21(26)12-15-28-17-8-6-5-7-9-17/h5-11,16H,4,12-15H2,1-3H3/p+1. The molecule has 6 nitrogen and oxygen atoms in total. The monoisotopic (exact) mass is 414 g/mol. The summed E-state index contributed by atoms with van der Waals surface area (Å²) in [6.45, 7) is 4.38. The van der Waals surface area contributed by atoms with E-state index in [1.54, 1.807) is 4.90 Å². The van der Waals surface area contributed by atoms with Gasteiger partial charge in [-0.1, -0.05) is 29.5 Å². The number of nitrogens with zero attached hydrogens (tertiary/aromatic N) is 2. The fraction of sp³-hybridized carbons (Fsp3) is 0.364. The van der Waals surface area contributed by atoms with E-state index in [0.29, 0.717) is 26.2 Å². The minimum absolute atomic E-state index is 0.0197. The number of amides is 1. The first-order chi connectivity index (χ1) is 14.1. The highest BCUT2D eigenvalue weighted by atomic mass is 32.1. The van der Waals surface area contributed by atoms with Gasteiger partial charge in [-0.3, -0.25) is 9.69 Å². The van der Waals surface area contributed by atoms with E-state index in [1.807, 2.05) is 55.5 Å². The van der Waals surface area contributed by atoms with Crippen LogP contribution in [0.4, 0.5) is 5.13 Å². The first-order valence-corrected chi connectivity index (χ1v) is 10.7. The molecule has 1 amide bonds. The molecule has 1 aromatic heterocycles. The quantitative estimate of drug-likeness (QED) is 0.554. The minimum Gasteiger partial charge on any atom is -0.494 e. The smallest absolute Gasteiger partial charge is 0.232 e. The highest BCUT2D eigenvalue weighted by Gasteiger charge is 2.21. The van der Waals surface area contributed by atoms with Crippen molar-refractivity contribution >= 4 is 32.6 Å². The van der Waals surface area contributed by atoms with Gasteiger partial charge in [0.25, 0.3) is 0 Å². The zero-order chi connectivity index (χ0) is 20.6. The number of anilines is 1. The second-order valence-corrected chi connectivity index (χ2v) is 7.98. The summed E-state index contributed by atoms with van der Waals surface area (Å²) in [4.78, 5) is 20.7. The van der Waals surface area contributed by atoms with E-state index in [4.69, 9.17) is 14.5 Å². The van der Waals surface area contributed by atoms with Gasteiger partial charge in [0.05, 0.1) is 57.0 Å². The first kappa shape index (κ1) is 21.1. The highest BCUT2D eigenvalue weighted by molar-refractivity contribution is 7.22. The Bertz CT molecular complexity index is 927. The molecule has 3 rings (SSSR count). The van der Waals surface area contributed by atoms with Gasteiger partial charge in [-0.2, -0.15) is 0 Å². The van der Waals surface area contributed by atoms with Crippen LogP contribution in [0.5, 0.6) is 11.5 Å². The number of carbonyl (C=O) groups is 1. The largest absolute Gasteiger partial charge is 0.494 e. The Balaban J connectivity index is 1.73. The molecule has 1 heterocycles. The lowest BCUT2D eigenvalue weighted by Crippen LogP contribution is -3.06. The molecular weight excluding hydrogens is 386 g/mol. The number of benzene rings is 2. The summed E-state index contributed by atoms with van der Waals surface area (Å²) in [5.41, 5.74) is 0.879. The Hall–Kier alpha value is -2.64. The molecule has 154 valence electrons. The number of carbonyl (C=O) groups excluding carboxylic acids is 1. The summed E-state index contributed by atoms with van der Waals surface area (Å²) < 4.78 is 12.3. The summed E-state index contributed by atoms with van der Waals surface area (Å²) in [6, 6.07) is 15.4. The van der Waals surface area contributed by atoms with Crippen LogP contribution in [0.3, 0.4) is 0 Å². The van der Waals surface area contributed by atoms with Crippen molar-refractivity contribution in [3.05, 3.63) is 48.5 Å². The third-order valence-corrected chi connectivity index (χ3v) is 5.40. The van der Waals surface area contributed by atoms with Crippen molar-refractivity contribution in [3.63, 3.8) is 0 Å². The number of hydrogen-bond donors (Lipinski definition) is 1. The summed E-state index contributed by atoms with van der Waals surface area (Å²) >= 11 is 1.52. The van der Waals surface area contributed by atoms with Crippen LogP contribution >= 0.6 is 11.3 Å². The molecule has 0 aliphatic heterocycles. The fourth-order valence-corrected chi connectivity index (χ4v) is 3.87. The van der Waals surface area contributed by atoms with Gasteiger partial charge in [0.15, 0.2) is 5.13 Å². The van der Waals surface area contributed by atoms with Gasteiger partial charge in [-0.15, -0.1) is 0 Å². The molecule has 3 aromatic rings. The Morgan fingerprint density at radius 2 is 1.90 bits per heavy atom. The van der Waals surface area contributed by atoms with Crippen molar-refractivity contribution in [2.45, 2.75) is 13.3 Å². The lowest BCUT2D eigenvalue weighted by atomic mass is 10.3. The molecule has 0 fully saturated rings. The highest BCUT2D eigenvalue weighted by Crippen LogP contribution is 2.31. The third kappa shape index (κ3) is 5.92. The molecule has 0 aliphatic carbocycles. The fourth-order valence-electron chi connectivity index (χ4n) is 2.83. The Morgan fingerprint density at radius 3 is 2.62 bits per heavy atom. The Morgan fingerprint density at radius 1 is 1.10 bits per heavy atom. The molecule has 7 heteroatoms. The lowest BCUT2D eigenvalue weighted by Gasteiger charge is -2.20. The van der Waals surface area contributed by atoms with E-state index in [1.165, 1.54) is 16.2 Å². The number of nitrogens with one attached hydrogen (secondary N) is 1. The number of para-hydroxylation sites is 1. The van der Waals surface area contributed by atoms with Gasteiger partial charge in [0, 0.05) is 0 Å². The average Bonchev–Trinajstić information content (AvgIpc) is 3.12. The van der Waals surface area contributed by atoms with Crippen molar-refractivity contribution in [3.8, 4) is 11.5 Å². The number of quaternary nitrogens is 1. The molecule has 29 heavy (non-hydrogen) atoms. The Labute approximate surface area is 175 Å². The van der Waals surface area contributed by atoms with E-state index in [-0.39, 0.29) is 5.91 Å². The molecule has 0 saturated heterocycles. The number of hydrogen-bond acceptors (Lipinski definition) is 5. The third-order valence-electron chi connectivity index (χ3n) is 4.35. The molecule has 2 aromatic carbocycles. The number of fused-ring (bicyclic) bond motifs is 1. The van der Waals surface area contributed by atoms with Crippen LogP contribution in [0.2, 0.25) is 0 Å². The molecule has 1 N–H and O–H groups in total. The number of aromatic nitrogens is 1. The van der Waals surface area contributed by atoms with Gasteiger partial charge in [-0.25, -0.2) is 4.98 Å². The summed E-state index contributed by atoms with van der Waals surface area (Å²) in [7, 11) is 4.15. The van der Waals surface area contributed by atoms with Crippen LogP contribution in [-0.4, -0.2) is 51.3 Å². The number of ether oxygens (including phenoxy) is 2. The van der Waals surface area contributed by atoms with Crippen LogP contribution in [0.25, 0.3) is 10.2 Å². The van der Waals surface area contributed by atoms with E-state index < -0.39 is 0 Å². The van der Waals surface area contributed by atoms with E-state index in [2.05, 4.69) is 14.1 Å². The molecule has 0 unspecified atom stereocenters. The maximum atomic E-state index is 13.0. The molecule has 0 bridgehead atoms. The SMILES string of the molecule is CCOc1ccc2nc(N(CC[NH+](C)C)C(=O)CCOc3ccccc3)sc2c1. The van der Waals surface area contributed by atoms with E-state index >= 15 is 0 Å². The predicted molar refractivity (Wildman–Crippen MR) is 117 cm³/mol. The van der Waals surface area contributed by atoms with Crippen molar-refractivity contribution in [2.75, 3.05) is 45.3 Å². The Kier molecular flexibility index (Phi) is 7.43. The zero-order valence-corrected chi connectivity index (χ0v) is 18.0. The van der Waals surface area contributed by atoms with Gasteiger partial charge < -0.3 is 14.4 Å². The summed E-state index contributed by atoms with van der Waals surface area (Å²) in [6.07, 6.45) is 0.303. The van der Waals surface area contributed by atoms with Crippen molar-refractivity contribution in [1.82, 2.24) is 4.98 Å². The van der Waals surface area contributed by atoms with Gasteiger partial charge in [0.2, 0.25) is 5.91 Å². The summed E-state index contributed by atoms with van der Waals surface area (Å²) in [5, 5.41) is 0.722. The average molecular weight is 415 g/mol. The van der Waals surface area contributed by atoms with Crippen molar-refractivity contribution in [2.24, 2.45) is 0 Å². The number of rotatable bonds is 10. The van der Waals surface area contributed by atoms with Gasteiger partial charge >= 0.3 is 0 Å². The van der Waals surface area contributed by atoms with Gasteiger partial charge in [0.1, 0.15) is 11.5 Å². The minimum atomic E-state index is 0.0197. The second-order valence-electron chi connectivity index (χ2n) is 6.97. The number of thiazole rings is 1. The second kappa shape index (κ2) is 10.2. The maximum absolute atomic E-state index is 13.0. The predicted octanol–water partition coefficient (Wildman–Crippen LogP) is 2.64. The maximum Gasteiger partial charge on any atom is 0.232 e. The van der Waals surface area contributed by atoms with Crippen LogP contribution in [0.1, 0.15) is 13.3 Å². The van der Waals surface area contributed by atoms with Crippen LogP contribution < -0.4 is 19.3 Å². The lowest BCUT2D eigenvalue weighted by molar-refractivity contribution is -0.856. The molecule has 0 aliphatic rings. The molecule has 0 atom stereocenters. The molecule has 0 spiro atoms. The summed E-state index contributed by atoms with van der Waals surface area (Å²) in [5.74, 6) is 1.61. The van der Waals surface area contributed by atoms with E-state index in [9.17, 15) is 4.79 Å². The molecule has 0 saturated carbocycles. The topological polar surface area (TPSA) is 56.1 Å². The van der Waals surface area contributed by atoms with Gasteiger partial charge in [-0.05, 0) is 37.3 Å². The van der Waals surface area contributed by atoms with Crippen LogP contribution in [0.15, 0.2) is 48.5 Å². The molecular formula is C22H28N3O3S+. The number of likely N-dealkylation sites (N-methyl/N-ethyl adjacent to an activating group) is 1. The van der Waals surface area contributed by atoms with E-state index in [0.717, 1.165) is 33.4 Å². The first-order valence-electron chi connectivity index (χ1n) is 9.87. The molecule has 0 radical (unpaired) electrons. The van der Waals surface area contributed by atoms with Crippen molar-refractivity contribution < 1.29 is 19.2 Å².